The van der Waals surface area contributed by atoms with Crippen molar-refractivity contribution in [3.8, 4) is 22.5 Å². The van der Waals surface area contributed by atoms with Gasteiger partial charge in [0.1, 0.15) is 0 Å². The lowest BCUT2D eigenvalue weighted by molar-refractivity contribution is 0.661. The van der Waals surface area contributed by atoms with Crippen LogP contribution in [-0.4, -0.2) is 17.2 Å². The summed E-state index contributed by atoms with van der Waals surface area (Å²) in [6, 6.07) is 82.0. The number of hydrogen-bond donors (Lipinski definition) is 0. The van der Waals surface area contributed by atoms with Crippen molar-refractivity contribution in [3.05, 3.63) is 230 Å². The molecule has 0 bridgehead atoms. The molecule has 9 aromatic carbocycles. The van der Waals surface area contributed by atoms with Gasteiger partial charge in [-0.15, -0.1) is 0 Å². The van der Waals surface area contributed by atoms with Crippen LogP contribution in [-0.2, 0) is 5.41 Å². The minimum absolute atomic E-state index is 0.103. The van der Waals surface area contributed by atoms with Gasteiger partial charge in [-0.2, -0.15) is 0 Å². The number of aromatic nitrogens is 2. The van der Waals surface area contributed by atoms with Gasteiger partial charge in [-0.1, -0.05) is 190 Å². The predicted octanol–water partition coefficient (Wildman–Crippen LogP) is 11.6. The molecule has 60 heavy (non-hydrogen) atoms. The Morgan fingerprint density at radius 2 is 0.883 bits per heavy atom. The predicted molar refractivity (Wildman–Crippen MR) is 256 cm³/mol. The first-order valence-corrected chi connectivity index (χ1v) is 23.0. The smallest absolute Gasteiger partial charge is 0.179 e. The van der Waals surface area contributed by atoms with E-state index < -0.39 is 8.07 Å². The van der Waals surface area contributed by atoms with E-state index in [1.165, 1.54) is 98.0 Å². The summed E-state index contributed by atoms with van der Waals surface area (Å²) in [6.07, 6.45) is 0. The highest BCUT2D eigenvalue weighted by Crippen LogP contribution is 2.52. The molecule has 0 fully saturated rings. The van der Waals surface area contributed by atoms with Crippen LogP contribution in [0.5, 0.6) is 0 Å². The summed E-state index contributed by atoms with van der Waals surface area (Å²) in [6.45, 7) is 4.76. The second kappa shape index (κ2) is 13.2. The van der Waals surface area contributed by atoms with E-state index in [-0.39, 0.29) is 5.41 Å². The number of rotatable bonds is 6. The van der Waals surface area contributed by atoms with Crippen molar-refractivity contribution < 1.29 is 0 Å². The van der Waals surface area contributed by atoms with Crippen LogP contribution in [0.4, 0.5) is 0 Å². The van der Waals surface area contributed by atoms with E-state index in [0.717, 1.165) is 0 Å². The topological polar surface area (TPSA) is 9.86 Å². The van der Waals surface area contributed by atoms with E-state index in [1.54, 1.807) is 0 Å². The zero-order chi connectivity index (χ0) is 40.0. The molecule has 3 heteroatoms. The lowest BCUT2D eigenvalue weighted by Crippen LogP contribution is -2.74. The van der Waals surface area contributed by atoms with Crippen molar-refractivity contribution in [2.75, 3.05) is 0 Å². The lowest BCUT2D eigenvalue weighted by Gasteiger charge is -2.35. The summed E-state index contributed by atoms with van der Waals surface area (Å²) < 4.78 is 4.99. The van der Waals surface area contributed by atoms with Crippen molar-refractivity contribution in [1.82, 2.24) is 9.13 Å². The Hall–Kier alpha value is -7.20. The fourth-order valence-corrected chi connectivity index (χ4v) is 15.6. The Kier molecular flexibility index (Phi) is 7.63. The Labute approximate surface area is 351 Å². The van der Waals surface area contributed by atoms with Gasteiger partial charge >= 0.3 is 0 Å². The van der Waals surface area contributed by atoms with Gasteiger partial charge in [0.15, 0.2) is 8.07 Å². The van der Waals surface area contributed by atoms with Gasteiger partial charge in [0, 0.05) is 43.9 Å². The van der Waals surface area contributed by atoms with Crippen LogP contribution in [0.2, 0.25) is 0 Å². The van der Waals surface area contributed by atoms with E-state index in [0.29, 0.717) is 0 Å². The summed E-state index contributed by atoms with van der Waals surface area (Å²) in [5, 5.41) is 10.5. The summed E-state index contributed by atoms with van der Waals surface area (Å²) >= 11 is 0. The molecule has 2 heterocycles. The largest absolute Gasteiger partial charge is 0.309 e. The molecule has 0 radical (unpaired) electrons. The molecule has 284 valence electrons. The number of hydrogen-bond acceptors (Lipinski definition) is 0. The maximum atomic E-state index is 2.57. The van der Waals surface area contributed by atoms with Gasteiger partial charge in [0.25, 0.3) is 0 Å². The summed E-state index contributed by atoms with van der Waals surface area (Å²) in [7, 11) is -2.98. The third-order valence-corrected chi connectivity index (χ3v) is 18.2. The molecule has 0 aliphatic heterocycles. The molecule has 0 atom stereocenters. The van der Waals surface area contributed by atoms with Crippen molar-refractivity contribution in [1.29, 1.82) is 0 Å². The molecule has 0 spiro atoms. The quantitative estimate of drug-likeness (QED) is 0.117. The number of fused-ring (bicyclic) bond motifs is 10. The first-order valence-electron chi connectivity index (χ1n) is 21.0. The third-order valence-electron chi connectivity index (χ3n) is 13.5. The van der Waals surface area contributed by atoms with Crippen LogP contribution in [0.25, 0.3) is 66.1 Å². The molecule has 2 nitrogen and oxygen atoms in total. The Balaban J connectivity index is 1.18. The number of nitrogens with zero attached hydrogens (tertiary/aromatic N) is 2. The minimum atomic E-state index is -2.98. The summed E-state index contributed by atoms with van der Waals surface area (Å²) in [4.78, 5) is 0. The third kappa shape index (κ3) is 4.81. The fourth-order valence-electron chi connectivity index (χ4n) is 10.8. The van der Waals surface area contributed by atoms with Crippen LogP contribution < -0.4 is 20.7 Å². The molecule has 2 aromatic heterocycles. The molecule has 12 rings (SSSR count). The van der Waals surface area contributed by atoms with Crippen molar-refractivity contribution >= 4 is 72.4 Å². The Morgan fingerprint density at radius 1 is 0.350 bits per heavy atom. The maximum Gasteiger partial charge on any atom is 0.179 e. The molecule has 11 aromatic rings. The van der Waals surface area contributed by atoms with E-state index >= 15 is 0 Å². The lowest BCUT2D eigenvalue weighted by atomic mass is 9.82. The average molecular weight is 783 g/mol. The highest BCUT2D eigenvalue weighted by Gasteiger charge is 2.42. The molecule has 1 aliphatic rings. The van der Waals surface area contributed by atoms with Gasteiger partial charge in [0.2, 0.25) is 0 Å². The zero-order valence-electron chi connectivity index (χ0n) is 33.7. The van der Waals surface area contributed by atoms with Gasteiger partial charge in [0.05, 0.1) is 22.1 Å². The average Bonchev–Trinajstić information content (AvgIpc) is 3.91. The maximum absolute atomic E-state index is 2.98. The van der Waals surface area contributed by atoms with E-state index in [2.05, 4.69) is 241 Å². The monoisotopic (exact) mass is 782 g/mol. The van der Waals surface area contributed by atoms with E-state index in [4.69, 9.17) is 0 Å². The molecular formula is C57H42N2Si. The van der Waals surface area contributed by atoms with E-state index in [9.17, 15) is 0 Å². The molecular weight excluding hydrogens is 741 g/mol. The van der Waals surface area contributed by atoms with Crippen molar-refractivity contribution in [2.45, 2.75) is 19.3 Å². The molecule has 0 saturated heterocycles. The SMILES string of the molecule is CC1(C)c2ccccc2-c2c1ccc1c3ccccc3n(-c3cccc([Si](c4ccccc4)(c4ccccc4)c4ccc5c(c4)c4ccccc4n5-c4ccccc4)c3)c21. The van der Waals surface area contributed by atoms with Crippen LogP contribution in [0.3, 0.4) is 0 Å². The van der Waals surface area contributed by atoms with Gasteiger partial charge in [-0.25, -0.2) is 0 Å². The molecule has 0 saturated carbocycles. The molecule has 1 aliphatic carbocycles. The first kappa shape index (κ1) is 34.8. The molecule has 0 amide bonds. The van der Waals surface area contributed by atoms with Crippen LogP contribution in [0.1, 0.15) is 25.0 Å². The van der Waals surface area contributed by atoms with Gasteiger partial charge < -0.3 is 9.13 Å². The van der Waals surface area contributed by atoms with Crippen LogP contribution in [0.15, 0.2) is 218 Å². The molecule has 0 unspecified atom stereocenters. The zero-order valence-corrected chi connectivity index (χ0v) is 34.7. The minimum Gasteiger partial charge on any atom is -0.309 e. The fraction of sp³-hybridized carbons (Fsp3) is 0.0526. The second-order valence-corrected chi connectivity index (χ2v) is 20.7. The van der Waals surface area contributed by atoms with Gasteiger partial charge in [-0.05, 0) is 79.9 Å². The highest BCUT2D eigenvalue weighted by atomic mass is 28.3. The summed E-state index contributed by atoms with van der Waals surface area (Å²) in [5.74, 6) is 0. The van der Waals surface area contributed by atoms with Crippen LogP contribution in [0, 0.1) is 0 Å². The number of para-hydroxylation sites is 3. The standard InChI is InChI=1S/C57H42N2Si/c1-57(2)50-30-15-12-29-48(50)55-51(57)35-34-47-45-27-13-17-32-53(45)59(56(47)55)40-21-18-26-43(37-40)60(41-22-8-4-9-23-41,42-24-10-5-11-25-42)44-33-36-54-49(38-44)46-28-14-16-31-52(46)58(54)39-19-6-3-7-20-39/h3-38H,1-2H3. The molecule has 0 N–H and O–H groups in total. The van der Waals surface area contributed by atoms with Gasteiger partial charge in [-0.3, -0.25) is 0 Å². The first-order chi connectivity index (χ1) is 29.5. The normalized spacial score (nSPS) is 13.3. The van der Waals surface area contributed by atoms with Crippen molar-refractivity contribution in [2.24, 2.45) is 0 Å². The van der Waals surface area contributed by atoms with E-state index in [1.807, 2.05) is 0 Å². The highest BCUT2D eigenvalue weighted by molar-refractivity contribution is 7.20. The summed E-state index contributed by atoms with van der Waals surface area (Å²) in [5.41, 5.74) is 12.6. The second-order valence-electron chi connectivity index (χ2n) is 16.9. The number of benzene rings is 9. The van der Waals surface area contributed by atoms with Crippen molar-refractivity contribution in [3.63, 3.8) is 0 Å². The van der Waals surface area contributed by atoms with Crippen LogP contribution >= 0.6 is 0 Å². The Morgan fingerprint density at radius 3 is 1.60 bits per heavy atom. The Bertz CT molecular complexity index is 3410.